The van der Waals surface area contributed by atoms with Gasteiger partial charge in [-0.2, -0.15) is 0 Å². The van der Waals surface area contributed by atoms with E-state index in [9.17, 15) is 14.0 Å². The first-order valence-corrected chi connectivity index (χ1v) is 11.9. The van der Waals surface area contributed by atoms with Gasteiger partial charge in [0.2, 0.25) is 0 Å². The summed E-state index contributed by atoms with van der Waals surface area (Å²) in [6, 6.07) is 14.0. The number of carboxylic acids is 1. The highest BCUT2D eigenvalue weighted by molar-refractivity contribution is 5.95. The number of carbonyl (C=O) groups excluding carboxylic acids is 1. The lowest BCUT2D eigenvalue weighted by Gasteiger charge is -2.35. The number of carbonyl (C=O) groups is 2. The number of aromatic carboxylic acids is 1. The Balaban J connectivity index is 1.40. The Hall–Kier alpha value is -4.00. The predicted molar refractivity (Wildman–Crippen MR) is 129 cm³/mol. The largest absolute Gasteiger partial charge is 0.478 e. The molecule has 2 aliphatic rings. The molecule has 1 aliphatic carbocycles. The summed E-state index contributed by atoms with van der Waals surface area (Å²) in [5.74, 6) is -1.51. The van der Waals surface area contributed by atoms with E-state index in [1.807, 2.05) is 27.5 Å². The van der Waals surface area contributed by atoms with Crippen molar-refractivity contribution in [2.75, 3.05) is 6.54 Å². The zero-order valence-electron chi connectivity index (χ0n) is 19.2. The second-order valence-electron chi connectivity index (χ2n) is 9.44. The SMILES string of the molecule is C[C@@H]1c2ccccc2CCN1C(=O)c1cc(C2CC2)c2nc(-c3ccc(C(=O)O)cc3F)cn2c1. The quantitative estimate of drug-likeness (QED) is 0.430. The van der Waals surface area contributed by atoms with Gasteiger partial charge in [-0.05, 0) is 73.1 Å². The number of carboxylic acid groups (broad SMARTS) is 1. The lowest BCUT2D eigenvalue weighted by Crippen LogP contribution is -2.39. The van der Waals surface area contributed by atoms with Crippen LogP contribution in [0.15, 0.2) is 60.9 Å². The van der Waals surface area contributed by atoms with Crippen LogP contribution < -0.4 is 0 Å². The van der Waals surface area contributed by atoms with Crippen molar-refractivity contribution < 1.29 is 19.1 Å². The van der Waals surface area contributed by atoms with Gasteiger partial charge in [-0.15, -0.1) is 0 Å². The monoisotopic (exact) mass is 469 g/mol. The van der Waals surface area contributed by atoms with Crippen molar-refractivity contribution in [2.45, 2.75) is 38.1 Å². The van der Waals surface area contributed by atoms with Crippen LogP contribution in [0.1, 0.15) is 69.1 Å². The summed E-state index contributed by atoms with van der Waals surface area (Å²) in [7, 11) is 0. The molecule has 3 heterocycles. The number of nitrogens with zero attached hydrogens (tertiary/aromatic N) is 3. The number of imidazole rings is 1. The van der Waals surface area contributed by atoms with E-state index in [0.29, 0.717) is 29.4 Å². The molecule has 2 aromatic carbocycles. The molecule has 0 bridgehead atoms. The van der Waals surface area contributed by atoms with Gasteiger partial charge in [-0.1, -0.05) is 24.3 Å². The van der Waals surface area contributed by atoms with Gasteiger partial charge in [-0.3, -0.25) is 4.79 Å². The normalized spacial score (nSPS) is 17.4. The van der Waals surface area contributed by atoms with E-state index in [-0.39, 0.29) is 23.1 Å². The summed E-state index contributed by atoms with van der Waals surface area (Å²) < 4.78 is 16.5. The second kappa shape index (κ2) is 8.05. The number of rotatable bonds is 4. The maximum absolute atomic E-state index is 14.7. The molecule has 6 rings (SSSR count). The lowest BCUT2D eigenvalue weighted by molar-refractivity contribution is 0.0673. The molecule has 0 saturated heterocycles. The summed E-state index contributed by atoms with van der Waals surface area (Å²) in [6.07, 6.45) is 6.38. The van der Waals surface area contributed by atoms with Crippen LogP contribution in [0.5, 0.6) is 0 Å². The molecule has 1 saturated carbocycles. The van der Waals surface area contributed by atoms with Gasteiger partial charge in [0.05, 0.1) is 22.9 Å². The van der Waals surface area contributed by atoms with E-state index in [0.717, 1.165) is 30.9 Å². The molecule has 4 aromatic rings. The van der Waals surface area contributed by atoms with Gasteiger partial charge in [0.1, 0.15) is 11.5 Å². The summed E-state index contributed by atoms with van der Waals surface area (Å²) in [4.78, 5) is 31.4. The molecule has 1 amide bonds. The number of benzene rings is 2. The van der Waals surface area contributed by atoms with Gasteiger partial charge in [0, 0.05) is 24.5 Å². The molecule has 6 nitrogen and oxygen atoms in total. The van der Waals surface area contributed by atoms with Crippen LogP contribution in [-0.2, 0) is 6.42 Å². The van der Waals surface area contributed by atoms with Crippen molar-refractivity contribution >= 4 is 17.5 Å². The predicted octanol–water partition coefficient (Wildman–Crippen LogP) is 5.48. The summed E-state index contributed by atoms with van der Waals surface area (Å²) in [6.45, 7) is 2.72. The fourth-order valence-corrected chi connectivity index (χ4v) is 5.14. The zero-order chi connectivity index (χ0) is 24.3. The maximum atomic E-state index is 14.7. The highest BCUT2D eigenvalue weighted by Crippen LogP contribution is 2.43. The number of hydrogen-bond acceptors (Lipinski definition) is 3. The zero-order valence-corrected chi connectivity index (χ0v) is 19.2. The molecule has 1 atom stereocenters. The summed E-state index contributed by atoms with van der Waals surface area (Å²) in [5.41, 5.74) is 5.29. The van der Waals surface area contributed by atoms with E-state index >= 15 is 0 Å². The molecule has 35 heavy (non-hydrogen) atoms. The Morgan fingerprint density at radius 2 is 1.83 bits per heavy atom. The molecule has 176 valence electrons. The molecule has 2 aromatic heterocycles. The fourth-order valence-electron chi connectivity index (χ4n) is 5.14. The maximum Gasteiger partial charge on any atom is 0.335 e. The summed E-state index contributed by atoms with van der Waals surface area (Å²) in [5, 5.41) is 9.13. The first kappa shape index (κ1) is 21.5. The smallest absolute Gasteiger partial charge is 0.335 e. The standard InChI is InChI=1S/C28H24FN3O3/c1-16-21-5-3-2-4-17(21)10-11-32(16)27(33)20-12-23(18-6-7-18)26-30-25(15-31(26)14-20)22-9-8-19(28(34)35)13-24(22)29/h2-5,8-9,12-16,18H,6-7,10-11H2,1H3,(H,34,35)/t16-/m1/s1. The van der Waals surface area contributed by atoms with Crippen molar-refractivity contribution in [3.05, 3.63) is 94.6 Å². The average molecular weight is 470 g/mol. The van der Waals surface area contributed by atoms with Gasteiger partial charge in [0.25, 0.3) is 5.91 Å². The highest BCUT2D eigenvalue weighted by Gasteiger charge is 2.32. The summed E-state index contributed by atoms with van der Waals surface area (Å²) >= 11 is 0. The minimum atomic E-state index is -1.18. The molecule has 7 heteroatoms. The van der Waals surface area contributed by atoms with Crippen molar-refractivity contribution in [1.29, 1.82) is 0 Å². The van der Waals surface area contributed by atoms with Crippen LogP contribution >= 0.6 is 0 Å². The van der Waals surface area contributed by atoms with Crippen LogP contribution in [0.3, 0.4) is 0 Å². The van der Waals surface area contributed by atoms with Gasteiger partial charge < -0.3 is 14.4 Å². The Labute approximate surface area is 201 Å². The molecule has 1 N–H and O–H groups in total. The number of pyridine rings is 1. The van der Waals surface area contributed by atoms with Crippen molar-refractivity contribution in [2.24, 2.45) is 0 Å². The van der Waals surface area contributed by atoms with Crippen molar-refractivity contribution in [3.63, 3.8) is 0 Å². The van der Waals surface area contributed by atoms with Gasteiger partial charge in [-0.25, -0.2) is 14.2 Å². The molecule has 0 radical (unpaired) electrons. The van der Waals surface area contributed by atoms with Crippen molar-refractivity contribution in [3.8, 4) is 11.3 Å². The van der Waals surface area contributed by atoms with Gasteiger partial charge >= 0.3 is 5.97 Å². The Morgan fingerprint density at radius 1 is 1.03 bits per heavy atom. The third-order valence-electron chi connectivity index (χ3n) is 7.19. The van der Waals surface area contributed by atoms with E-state index in [1.165, 1.54) is 23.3 Å². The average Bonchev–Trinajstić information content (AvgIpc) is 3.61. The number of halogens is 1. The number of fused-ring (bicyclic) bond motifs is 2. The molecular weight excluding hydrogens is 445 g/mol. The first-order chi connectivity index (χ1) is 16.9. The van der Waals surface area contributed by atoms with E-state index in [2.05, 4.69) is 24.0 Å². The Kier molecular flexibility index (Phi) is 4.95. The van der Waals surface area contributed by atoms with Crippen LogP contribution in [0, 0.1) is 5.82 Å². The van der Waals surface area contributed by atoms with Crippen LogP contribution in [0.2, 0.25) is 0 Å². The lowest BCUT2D eigenvalue weighted by atomic mass is 9.93. The minimum Gasteiger partial charge on any atom is -0.478 e. The van der Waals surface area contributed by atoms with Crippen LogP contribution in [0.4, 0.5) is 4.39 Å². The van der Waals surface area contributed by atoms with Crippen LogP contribution in [0.25, 0.3) is 16.9 Å². The number of hydrogen-bond donors (Lipinski definition) is 1. The molecule has 0 unspecified atom stereocenters. The molecule has 0 spiro atoms. The molecule has 1 aliphatic heterocycles. The topological polar surface area (TPSA) is 74.9 Å². The second-order valence-corrected chi connectivity index (χ2v) is 9.44. The van der Waals surface area contributed by atoms with E-state index in [1.54, 1.807) is 12.4 Å². The molecule has 1 fully saturated rings. The third-order valence-corrected chi connectivity index (χ3v) is 7.19. The van der Waals surface area contributed by atoms with E-state index in [4.69, 9.17) is 5.11 Å². The highest BCUT2D eigenvalue weighted by atomic mass is 19.1. The van der Waals surface area contributed by atoms with Crippen molar-refractivity contribution in [1.82, 2.24) is 14.3 Å². The first-order valence-electron chi connectivity index (χ1n) is 11.9. The van der Waals surface area contributed by atoms with Gasteiger partial charge in [0.15, 0.2) is 0 Å². The van der Waals surface area contributed by atoms with Crippen LogP contribution in [-0.4, -0.2) is 37.8 Å². The molecular formula is C28H24FN3O3. The van der Waals surface area contributed by atoms with E-state index < -0.39 is 11.8 Å². The number of amides is 1. The Morgan fingerprint density at radius 3 is 2.57 bits per heavy atom. The Bertz CT molecular complexity index is 1500. The minimum absolute atomic E-state index is 0.0206. The fraction of sp³-hybridized carbons (Fsp3) is 0.250. The number of aromatic nitrogens is 2. The third kappa shape index (κ3) is 3.67.